The van der Waals surface area contributed by atoms with Crippen LogP contribution >= 0.6 is 0 Å². The average Bonchev–Trinajstić information content (AvgIpc) is 2.24. The Kier molecular flexibility index (Phi) is 4.55. The quantitative estimate of drug-likeness (QED) is 0.818. The molecule has 1 rings (SSSR count). The monoisotopic (exact) mass is 280 g/mol. The number of benzene rings is 1. The number of methoxy groups -OCH3 is 1. The molecule has 106 valence electrons. The number of hydrogen-bond acceptors (Lipinski definition) is 3. The highest BCUT2D eigenvalue weighted by molar-refractivity contribution is 6.89. The van der Waals surface area contributed by atoms with Crippen LogP contribution in [-0.4, -0.2) is 32.4 Å². The normalized spacial score (nSPS) is 12.5. The third-order valence-corrected chi connectivity index (χ3v) is 5.26. The van der Waals surface area contributed by atoms with Gasteiger partial charge in [0.15, 0.2) is 0 Å². The summed E-state index contributed by atoms with van der Waals surface area (Å²) in [5.74, 6) is 0.627. The van der Waals surface area contributed by atoms with Crippen LogP contribution < -0.4 is 15.4 Å². The highest BCUT2D eigenvalue weighted by Crippen LogP contribution is 2.24. The van der Waals surface area contributed by atoms with E-state index in [0.717, 1.165) is 10.8 Å². The van der Waals surface area contributed by atoms with Gasteiger partial charge in [-0.1, -0.05) is 52.5 Å². The summed E-state index contributed by atoms with van der Waals surface area (Å²) in [4.78, 5) is 0. The smallest absolute Gasteiger partial charge is 0.492 e. The fraction of sp³-hybridized carbons (Fsp3) is 0.571. The van der Waals surface area contributed by atoms with Gasteiger partial charge in [-0.25, -0.2) is 0 Å². The van der Waals surface area contributed by atoms with Crippen molar-refractivity contribution < 1.29 is 14.8 Å². The Labute approximate surface area is 117 Å². The first-order valence-corrected chi connectivity index (χ1v) is 10.1. The van der Waals surface area contributed by atoms with Crippen LogP contribution in [0, 0.1) is 0 Å². The maximum absolute atomic E-state index is 9.61. The van der Waals surface area contributed by atoms with Crippen molar-refractivity contribution in [2.24, 2.45) is 0 Å². The molecule has 0 aliphatic carbocycles. The van der Waals surface area contributed by atoms with Gasteiger partial charge in [0.05, 0.1) is 15.2 Å². The molecule has 1 aromatic carbocycles. The minimum atomic E-state index is -1.63. The van der Waals surface area contributed by atoms with E-state index in [0.29, 0.717) is 11.2 Å². The van der Waals surface area contributed by atoms with Crippen molar-refractivity contribution >= 4 is 25.8 Å². The Balaban J connectivity index is 3.65. The zero-order valence-corrected chi connectivity index (χ0v) is 14.0. The van der Waals surface area contributed by atoms with Crippen molar-refractivity contribution in [2.75, 3.05) is 7.11 Å². The Bertz CT molecular complexity index is 459. The first-order valence-electron chi connectivity index (χ1n) is 6.57. The highest BCUT2D eigenvalue weighted by atomic mass is 28.3. The summed E-state index contributed by atoms with van der Waals surface area (Å²) >= 11 is 0. The molecular formula is C14H25BO3Si. The van der Waals surface area contributed by atoms with Gasteiger partial charge in [-0.2, -0.15) is 0 Å². The molecule has 1 aromatic rings. The van der Waals surface area contributed by atoms with E-state index in [4.69, 9.17) is 4.74 Å². The van der Waals surface area contributed by atoms with Crippen molar-refractivity contribution in [2.45, 2.75) is 45.8 Å². The zero-order valence-electron chi connectivity index (χ0n) is 13.0. The third kappa shape index (κ3) is 3.62. The lowest BCUT2D eigenvalue weighted by Gasteiger charge is -2.27. The molecule has 5 heteroatoms. The lowest BCUT2D eigenvalue weighted by atomic mass is 9.75. The number of rotatable bonds is 3. The molecule has 0 aliphatic heterocycles. The van der Waals surface area contributed by atoms with E-state index in [2.05, 4.69) is 46.5 Å². The second kappa shape index (κ2) is 5.31. The molecule has 0 radical (unpaired) electrons. The van der Waals surface area contributed by atoms with Crippen molar-refractivity contribution in [1.29, 1.82) is 0 Å². The van der Waals surface area contributed by atoms with E-state index >= 15 is 0 Å². The molecule has 0 spiro atoms. The maximum atomic E-state index is 9.61. The molecule has 0 saturated carbocycles. The Morgan fingerprint density at radius 3 is 1.95 bits per heavy atom. The van der Waals surface area contributed by atoms with E-state index in [9.17, 15) is 10.0 Å². The summed E-state index contributed by atoms with van der Waals surface area (Å²) < 4.78 is 5.45. The van der Waals surface area contributed by atoms with Crippen LogP contribution in [0.5, 0.6) is 5.75 Å². The minimum Gasteiger partial charge on any atom is -0.497 e. The van der Waals surface area contributed by atoms with Crippen LogP contribution in [0.4, 0.5) is 0 Å². The topological polar surface area (TPSA) is 49.7 Å². The molecule has 19 heavy (non-hydrogen) atoms. The summed E-state index contributed by atoms with van der Waals surface area (Å²) in [6, 6.07) is 4.00. The van der Waals surface area contributed by atoms with Crippen LogP contribution in [0.15, 0.2) is 12.1 Å². The van der Waals surface area contributed by atoms with Crippen molar-refractivity contribution in [3.05, 3.63) is 17.7 Å². The molecule has 0 unspecified atom stereocenters. The largest absolute Gasteiger partial charge is 0.497 e. The molecule has 0 aromatic heterocycles. The van der Waals surface area contributed by atoms with Gasteiger partial charge in [0.1, 0.15) is 5.75 Å². The summed E-state index contributed by atoms with van der Waals surface area (Å²) in [6.07, 6.45) is 0. The van der Waals surface area contributed by atoms with Crippen LogP contribution in [-0.2, 0) is 5.41 Å². The minimum absolute atomic E-state index is 0.0374. The van der Waals surface area contributed by atoms with Crippen LogP contribution in [0.3, 0.4) is 0 Å². The standard InChI is InChI=1S/C14H25BO3Si/c1-14(2,3)10-8-11(15(16)17)13(18-4)12(9-10)19(5,6)7/h8-9,16-17H,1-7H3. The predicted octanol–water partition coefficient (Wildman–Crippen LogP) is 1.22. The summed E-state index contributed by atoms with van der Waals surface area (Å²) in [5.41, 5.74) is 1.53. The molecule has 0 heterocycles. The van der Waals surface area contributed by atoms with Crippen LogP contribution in [0.25, 0.3) is 0 Å². The molecule has 0 atom stereocenters. The summed E-state index contributed by atoms with van der Waals surface area (Å²) in [7, 11) is -1.56. The van der Waals surface area contributed by atoms with Gasteiger partial charge in [0, 0.05) is 5.46 Å². The van der Waals surface area contributed by atoms with Crippen molar-refractivity contribution in [3.8, 4) is 5.75 Å². The molecule has 0 aliphatic rings. The van der Waals surface area contributed by atoms with Gasteiger partial charge in [0.2, 0.25) is 0 Å². The Hall–Kier alpha value is -0.778. The van der Waals surface area contributed by atoms with E-state index in [1.54, 1.807) is 7.11 Å². The van der Waals surface area contributed by atoms with E-state index in [1.165, 1.54) is 0 Å². The fourth-order valence-corrected chi connectivity index (χ4v) is 3.58. The lowest BCUT2D eigenvalue weighted by Crippen LogP contribution is -2.45. The van der Waals surface area contributed by atoms with Gasteiger partial charge >= 0.3 is 7.12 Å². The SMILES string of the molecule is COc1c(B(O)O)cc(C(C)(C)C)cc1[Si](C)(C)C. The number of ether oxygens (including phenoxy) is 1. The Morgan fingerprint density at radius 1 is 1.11 bits per heavy atom. The van der Waals surface area contributed by atoms with Gasteiger partial charge in [0.25, 0.3) is 0 Å². The Morgan fingerprint density at radius 2 is 1.63 bits per heavy atom. The molecule has 0 bridgehead atoms. The van der Waals surface area contributed by atoms with Gasteiger partial charge < -0.3 is 14.8 Å². The predicted molar refractivity (Wildman–Crippen MR) is 84.5 cm³/mol. The molecule has 2 N–H and O–H groups in total. The second-order valence-electron chi connectivity index (χ2n) is 7.02. The van der Waals surface area contributed by atoms with Gasteiger partial charge in [-0.15, -0.1) is 0 Å². The van der Waals surface area contributed by atoms with Crippen molar-refractivity contribution in [3.63, 3.8) is 0 Å². The molecule has 0 saturated heterocycles. The van der Waals surface area contributed by atoms with Crippen LogP contribution in [0.2, 0.25) is 19.6 Å². The van der Waals surface area contributed by atoms with E-state index in [1.807, 2.05) is 6.07 Å². The third-order valence-electron chi connectivity index (χ3n) is 3.27. The summed E-state index contributed by atoms with van der Waals surface area (Å²) in [5, 5.41) is 20.3. The van der Waals surface area contributed by atoms with Crippen molar-refractivity contribution in [1.82, 2.24) is 0 Å². The summed E-state index contributed by atoms with van der Waals surface area (Å²) in [6.45, 7) is 13.0. The maximum Gasteiger partial charge on any atom is 0.492 e. The average molecular weight is 280 g/mol. The second-order valence-corrected chi connectivity index (χ2v) is 12.1. The van der Waals surface area contributed by atoms with E-state index in [-0.39, 0.29) is 5.41 Å². The van der Waals surface area contributed by atoms with Gasteiger partial charge in [-0.05, 0) is 16.2 Å². The molecule has 3 nitrogen and oxygen atoms in total. The molecule has 0 amide bonds. The number of hydrogen-bond donors (Lipinski definition) is 2. The molecule has 0 fully saturated rings. The van der Waals surface area contributed by atoms with Crippen LogP contribution in [0.1, 0.15) is 26.3 Å². The lowest BCUT2D eigenvalue weighted by molar-refractivity contribution is 0.404. The molecular weight excluding hydrogens is 255 g/mol. The first-order chi connectivity index (χ1) is 8.48. The van der Waals surface area contributed by atoms with E-state index < -0.39 is 15.2 Å². The zero-order chi connectivity index (χ0) is 15.0. The fourth-order valence-electron chi connectivity index (χ4n) is 2.06. The first kappa shape index (κ1) is 16.3. The van der Waals surface area contributed by atoms with Gasteiger partial charge in [-0.3, -0.25) is 0 Å². The highest BCUT2D eigenvalue weighted by Gasteiger charge is 2.30.